The number of hydrogen-bond donors (Lipinski definition) is 1. The predicted octanol–water partition coefficient (Wildman–Crippen LogP) is 3.83. The van der Waals surface area contributed by atoms with Crippen molar-refractivity contribution in [2.24, 2.45) is 0 Å². The number of carbonyl (C=O) groups is 1. The van der Waals surface area contributed by atoms with E-state index in [1.807, 2.05) is 36.4 Å². The van der Waals surface area contributed by atoms with E-state index in [2.05, 4.69) is 33.4 Å². The third kappa shape index (κ3) is 5.04. The van der Waals surface area contributed by atoms with Crippen molar-refractivity contribution in [2.45, 2.75) is 6.42 Å². The van der Waals surface area contributed by atoms with E-state index in [1.165, 1.54) is 5.56 Å². The topological polar surface area (TPSA) is 38.3 Å². The molecule has 4 heteroatoms. The zero-order valence-corrected chi connectivity index (χ0v) is 14.0. The lowest BCUT2D eigenvalue weighted by Gasteiger charge is -2.04. The summed E-state index contributed by atoms with van der Waals surface area (Å²) < 4.78 is 6.03. The quantitative estimate of drug-likeness (QED) is 0.796. The summed E-state index contributed by atoms with van der Waals surface area (Å²) in [5.74, 6) is 0.673. The van der Waals surface area contributed by atoms with Crippen LogP contribution in [0.4, 0.5) is 0 Å². The molecule has 0 aromatic heterocycles. The zero-order valence-electron chi connectivity index (χ0n) is 12.4. The molecule has 2 rings (SSSR count). The van der Waals surface area contributed by atoms with Crippen LogP contribution in [0, 0.1) is 0 Å². The van der Waals surface area contributed by atoms with Crippen LogP contribution in [0.3, 0.4) is 0 Å². The van der Waals surface area contributed by atoms with Gasteiger partial charge in [0.15, 0.2) is 0 Å². The third-order valence-electron chi connectivity index (χ3n) is 3.16. The fourth-order valence-corrected chi connectivity index (χ4v) is 2.55. The molecule has 0 aliphatic rings. The van der Waals surface area contributed by atoms with Crippen molar-refractivity contribution in [1.29, 1.82) is 0 Å². The first-order valence-corrected chi connectivity index (χ1v) is 7.81. The fraction of sp³-hybridized carbons (Fsp3) is 0.167. The molecule has 22 heavy (non-hydrogen) atoms. The van der Waals surface area contributed by atoms with Gasteiger partial charge in [-0.2, -0.15) is 0 Å². The van der Waals surface area contributed by atoms with Crippen molar-refractivity contribution in [3.05, 3.63) is 70.2 Å². The lowest BCUT2D eigenvalue weighted by Crippen LogP contribution is -2.23. The average molecular weight is 360 g/mol. The summed E-state index contributed by atoms with van der Waals surface area (Å²) in [6.45, 7) is 0.624. The molecule has 0 heterocycles. The van der Waals surface area contributed by atoms with Crippen molar-refractivity contribution < 1.29 is 9.53 Å². The molecule has 2 aromatic rings. The van der Waals surface area contributed by atoms with Crippen molar-refractivity contribution >= 4 is 27.9 Å². The number of nitrogens with one attached hydrogen (secondary N) is 1. The normalized spacial score (nSPS) is 10.6. The molecule has 2 aromatic carbocycles. The highest BCUT2D eigenvalue weighted by molar-refractivity contribution is 9.10. The minimum absolute atomic E-state index is 0.0946. The minimum atomic E-state index is -0.0946. The summed E-state index contributed by atoms with van der Waals surface area (Å²) in [5.41, 5.74) is 2.15. The molecule has 0 unspecified atom stereocenters. The zero-order chi connectivity index (χ0) is 15.8. The molecule has 0 saturated carbocycles. The highest BCUT2D eigenvalue weighted by Gasteiger charge is 2.00. The summed E-state index contributed by atoms with van der Waals surface area (Å²) in [6, 6.07) is 15.8. The summed E-state index contributed by atoms with van der Waals surface area (Å²) >= 11 is 3.42. The van der Waals surface area contributed by atoms with Gasteiger partial charge in [-0.1, -0.05) is 36.4 Å². The number of carbonyl (C=O) groups excluding carboxylic acids is 1. The van der Waals surface area contributed by atoms with Gasteiger partial charge in [0.05, 0.1) is 11.6 Å². The van der Waals surface area contributed by atoms with Crippen molar-refractivity contribution in [1.82, 2.24) is 5.32 Å². The number of ether oxygens (including phenoxy) is 1. The standard InChI is InChI=1S/C18H18BrNO2/c1-22-17-9-7-15(13-16(17)19)8-10-18(21)20-12-11-14-5-3-2-4-6-14/h2-10,13H,11-12H2,1H3,(H,20,21)/b10-8+. The molecule has 0 saturated heterocycles. The Morgan fingerprint density at radius 3 is 2.68 bits per heavy atom. The van der Waals surface area contributed by atoms with E-state index >= 15 is 0 Å². The Bertz CT molecular complexity index is 653. The number of methoxy groups -OCH3 is 1. The largest absolute Gasteiger partial charge is 0.496 e. The summed E-state index contributed by atoms with van der Waals surface area (Å²) in [5, 5.41) is 2.88. The lowest BCUT2D eigenvalue weighted by atomic mass is 10.1. The number of halogens is 1. The van der Waals surface area contributed by atoms with Crippen LogP contribution in [0.5, 0.6) is 5.75 Å². The van der Waals surface area contributed by atoms with Crippen molar-refractivity contribution in [3.8, 4) is 5.75 Å². The Balaban J connectivity index is 1.82. The maximum atomic E-state index is 11.8. The van der Waals surface area contributed by atoms with Gasteiger partial charge in [0.1, 0.15) is 5.75 Å². The molecule has 3 nitrogen and oxygen atoms in total. The van der Waals surface area contributed by atoms with Crippen LogP contribution in [-0.4, -0.2) is 19.6 Å². The predicted molar refractivity (Wildman–Crippen MR) is 92.9 cm³/mol. The Morgan fingerprint density at radius 1 is 1.23 bits per heavy atom. The summed E-state index contributed by atoms with van der Waals surface area (Å²) in [7, 11) is 1.62. The van der Waals surface area contributed by atoms with E-state index in [9.17, 15) is 4.79 Å². The number of benzene rings is 2. The van der Waals surface area contributed by atoms with Gasteiger partial charge < -0.3 is 10.1 Å². The first-order valence-electron chi connectivity index (χ1n) is 7.02. The van der Waals surface area contributed by atoms with E-state index in [4.69, 9.17) is 4.74 Å². The fourth-order valence-electron chi connectivity index (χ4n) is 1.99. The Labute approximate surface area is 139 Å². The second kappa shape index (κ2) is 8.39. The molecule has 0 fully saturated rings. The minimum Gasteiger partial charge on any atom is -0.496 e. The molecular formula is C18H18BrNO2. The van der Waals surface area contributed by atoms with E-state index in [0.29, 0.717) is 6.54 Å². The van der Waals surface area contributed by atoms with Gasteiger partial charge in [-0.15, -0.1) is 0 Å². The molecule has 0 radical (unpaired) electrons. The smallest absolute Gasteiger partial charge is 0.244 e. The van der Waals surface area contributed by atoms with E-state index in [-0.39, 0.29) is 5.91 Å². The van der Waals surface area contributed by atoms with Crippen LogP contribution in [0.25, 0.3) is 6.08 Å². The van der Waals surface area contributed by atoms with Crippen LogP contribution < -0.4 is 10.1 Å². The van der Waals surface area contributed by atoms with Gasteiger partial charge in [-0.25, -0.2) is 0 Å². The van der Waals surface area contributed by atoms with Crippen LogP contribution in [-0.2, 0) is 11.2 Å². The molecule has 1 amide bonds. The van der Waals surface area contributed by atoms with Crippen molar-refractivity contribution in [3.63, 3.8) is 0 Å². The van der Waals surface area contributed by atoms with Gasteiger partial charge in [-0.3, -0.25) is 4.79 Å². The maximum Gasteiger partial charge on any atom is 0.244 e. The number of hydrogen-bond acceptors (Lipinski definition) is 2. The summed E-state index contributed by atoms with van der Waals surface area (Å²) in [6.07, 6.45) is 4.15. The molecule has 0 aliphatic carbocycles. The van der Waals surface area contributed by atoms with Gasteiger partial charge in [0.25, 0.3) is 0 Å². The van der Waals surface area contributed by atoms with Crippen LogP contribution in [0.15, 0.2) is 59.1 Å². The molecular weight excluding hydrogens is 342 g/mol. The Kier molecular flexibility index (Phi) is 6.22. The van der Waals surface area contributed by atoms with Gasteiger partial charge in [-0.05, 0) is 51.7 Å². The highest BCUT2D eigenvalue weighted by atomic mass is 79.9. The van der Waals surface area contributed by atoms with Crippen LogP contribution in [0.2, 0.25) is 0 Å². The SMILES string of the molecule is COc1ccc(/C=C/C(=O)NCCc2ccccc2)cc1Br. The summed E-state index contributed by atoms with van der Waals surface area (Å²) in [4.78, 5) is 11.8. The van der Waals surface area contributed by atoms with E-state index in [0.717, 1.165) is 22.2 Å². The van der Waals surface area contributed by atoms with Gasteiger partial charge in [0, 0.05) is 12.6 Å². The van der Waals surface area contributed by atoms with Gasteiger partial charge in [0.2, 0.25) is 5.91 Å². The lowest BCUT2D eigenvalue weighted by molar-refractivity contribution is -0.116. The first kappa shape index (κ1) is 16.3. The Morgan fingerprint density at radius 2 is 2.00 bits per heavy atom. The second-order valence-corrected chi connectivity index (χ2v) is 5.61. The van der Waals surface area contributed by atoms with E-state index in [1.54, 1.807) is 19.3 Å². The number of amides is 1. The molecule has 0 bridgehead atoms. The van der Waals surface area contributed by atoms with Crippen molar-refractivity contribution in [2.75, 3.05) is 13.7 Å². The third-order valence-corrected chi connectivity index (χ3v) is 3.78. The number of rotatable bonds is 6. The van der Waals surface area contributed by atoms with Crippen LogP contribution >= 0.6 is 15.9 Å². The van der Waals surface area contributed by atoms with Gasteiger partial charge >= 0.3 is 0 Å². The molecule has 114 valence electrons. The highest BCUT2D eigenvalue weighted by Crippen LogP contribution is 2.25. The maximum absolute atomic E-state index is 11.8. The molecule has 0 spiro atoms. The molecule has 1 N–H and O–H groups in total. The monoisotopic (exact) mass is 359 g/mol. The van der Waals surface area contributed by atoms with Crippen LogP contribution in [0.1, 0.15) is 11.1 Å². The Hall–Kier alpha value is -2.07. The second-order valence-electron chi connectivity index (χ2n) is 4.75. The molecule has 0 atom stereocenters. The van der Waals surface area contributed by atoms with E-state index < -0.39 is 0 Å². The first-order chi connectivity index (χ1) is 10.7. The average Bonchev–Trinajstić information content (AvgIpc) is 2.54. The molecule has 0 aliphatic heterocycles.